The lowest BCUT2D eigenvalue weighted by atomic mass is 9.86. The average Bonchev–Trinajstić information content (AvgIpc) is 3.06. The first kappa shape index (κ1) is 17.8. The van der Waals surface area contributed by atoms with Crippen molar-refractivity contribution in [2.75, 3.05) is 0 Å². The molecule has 8 heteroatoms. The monoisotopic (exact) mass is 344 g/mol. The molecule has 0 radical (unpaired) electrons. The van der Waals surface area contributed by atoms with Crippen LogP contribution < -0.4 is 0 Å². The molecule has 2 aromatic heterocycles. The Bertz CT molecular complexity index is 773. The summed E-state index contributed by atoms with van der Waals surface area (Å²) in [5.41, 5.74) is 0.881. The second-order valence-electron chi connectivity index (χ2n) is 7.03. The summed E-state index contributed by atoms with van der Waals surface area (Å²) in [6.07, 6.45) is 6.84. The molecule has 0 atom stereocenters. The molecule has 0 aromatic carbocycles. The molecule has 2 aromatic rings. The number of H-pyrrole nitrogens is 1. The quantitative estimate of drug-likeness (QED) is 0.861. The molecule has 1 fully saturated rings. The first-order valence-corrected chi connectivity index (χ1v) is 8.31. The molecule has 3 heterocycles. The molecule has 1 aliphatic rings. The number of rotatable bonds is 4. The number of hydrogen-bond acceptors (Lipinski definition) is 5. The van der Waals surface area contributed by atoms with Crippen molar-refractivity contribution in [1.82, 2.24) is 20.2 Å². The van der Waals surface area contributed by atoms with Gasteiger partial charge in [0.15, 0.2) is 0 Å². The Morgan fingerprint density at radius 3 is 2.48 bits per heavy atom. The highest BCUT2D eigenvalue weighted by Crippen LogP contribution is 2.39. The Labute approximate surface area is 147 Å². The van der Waals surface area contributed by atoms with Crippen molar-refractivity contribution in [3.8, 4) is 11.4 Å². The summed E-state index contributed by atoms with van der Waals surface area (Å²) in [7, 11) is -1.04. The first-order valence-electron chi connectivity index (χ1n) is 8.31. The van der Waals surface area contributed by atoms with Crippen LogP contribution in [0.5, 0.6) is 0 Å². The molecule has 132 valence electrons. The summed E-state index contributed by atoms with van der Waals surface area (Å²) in [5.74, 6) is 0. The Kier molecular flexibility index (Phi) is 4.51. The lowest BCUT2D eigenvalue weighted by Gasteiger charge is -2.32. The van der Waals surface area contributed by atoms with E-state index < -0.39 is 24.0 Å². The molecule has 0 unspecified atom stereocenters. The van der Waals surface area contributed by atoms with Crippen LogP contribution in [-0.4, -0.2) is 38.5 Å². The molecular formula is C17H22BFN4O2. The van der Waals surface area contributed by atoms with Gasteiger partial charge in [-0.1, -0.05) is 6.92 Å². The van der Waals surface area contributed by atoms with E-state index in [1.54, 1.807) is 18.6 Å². The van der Waals surface area contributed by atoms with E-state index >= 15 is 0 Å². The highest BCUT2D eigenvalue weighted by Gasteiger charge is 2.53. The smallest absolute Gasteiger partial charge is 0.398 e. The number of halogens is 1. The molecular weight excluding hydrogens is 322 g/mol. The number of aromatic amines is 1. The van der Waals surface area contributed by atoms with Crippen molar-refractivity contribution >= 4 is 13.2 Å². The maximum atomic E-state index is 14.9. The van der Waals surface area contributed by atoms with Crippen molar-refractivity contribution < 1.29 is 13.7 Å². The van der Waals surface area contributed by atoms with Crippen molar-refractivity contribution in [3.63, 3.8) is 0 Å². The maximum Gasteiger partial charge on any atom is 0.525 e. The standard InChI is InChI=1S/C17H22BFN4O2/c1-6-12-11(15(23-22-12)13-10-20-7-8-21-13)9-14(19)18-24-16(2,3)17(4,5)25-18/h7-10H,6H2,1-5H3,(H,22,23). The van der Waals surface area contributed by atoms with Gasteiger partial charge < -0.3 is 9.31 Å². The van der Waals surface area contributed by atoms with Gasteiger partial charge in [0.05, 0.1) is 17.4 Å². The Balaban J connectivity index is 1.97. The van der Waals surface area contributed by atoms with Crippen LogP contribution in [0.25, 0.3) is 17.5 Å². The van der Waals surface area contributed by atoms with Gasteiger partial charge in [-0.15, -0.1) is 0 Å². The second-order valence-corrected chi connectivity index (χ2v) is 7.03. The molecule has 0 spiro atoms. The fraction of sp³-hybridized carbons (Fsp3) is 0.471. The van der Waals surface area contributed by atoms with Gasteiger partial charge in [-0.3, -0.25) is 15.1 Å². The van der Waals surface area contributed by atoms with Gasteiger partial charge in [0.2, 0.25) is 0 Å². The average molecular weight is 344 g/mol. The summed E-state index contributed by atoms with van der Waals surface area (Å²) in [6, 6.07) is 0. The van der Waals surface area contributed by atoms with Crippen LogP contribution in [0, 0.1) is 0 Å². The normalized spacial score (nSPS) is 19.4. The van der Waals surface area contributed by atoms with Crippen LogP contribution in [0.15, 0.2) is 24.3 Å². The zero-order valence-electron chi connectivity index (χ0n) is 15.1. The van der Waals surface area contributed by atoms with Gasteiger partial charge in [-0.25, -0.2) is 4.39 Å². The fourth-order valence-corrected chi connectivity index (χ4v) is 2.59. The highest BCUT2D eigenvalue weighted by atomic mass is 19.1. The zero-order chi connectivity index (χ0) is 18.2. The predicted molar refractivity (Wildman–Crippen MR) is 94.2 cm³/mol. The van der Waals surface area contributed by atoms with E-state index in [-0.39, 0.29) is 0 Å². The van der Waals surface area contributed by atoms with Crippen LogP contribution in [0.1, 0.15) is 45.9 Å². The van der Waals surface area contributed by atoms with Crippen molar-refractivity contribution in [2.45, 2.75) is 52.2 Å². The van der Waals surface area contributed by atoms with E-state index in [0.29, 0.717) is 23.4 Å². The molecule has 0 saturated carbocycles. The van der Waals surface area contributed by atoms with Gasteiger partial charge in [0.25, 0.3) is 0 Å². The Morgan fingerprint density at radius 1 is 1.24 bits per heavy atom. The van der Waals surface area contributed by atoms with Crippen LogP contribution in [0.2, 0.25) is 0 Å². The maximum absolute atomic E-state index is 14.9. The molecule has 3 rings (SSSR count). The Hall–Kier alpha value is -2.06. The zero-order valence-corrected chi connectivity index (χ0v) is 15.1. The van der Waals surface area contributed by atoms with E-state index in [0.717, 1.165) is 5.69 Å². The van der Waals surface area contributed by atoms with E-state index in [1.807, 2.05) is 34.6 Å². The van der Waals surface area contributed by atoms with Gasteiger partial charge >= 0.3 is 7.12 Å². The third-order valence-electron chi connectivity index (χ3n) is 4.80. The van der Waals surface area contributed by atoms with E-state index in [2.05, 4.69) is 20.2 Å². The molecule has 0 aliphatic carbocycles. The van der Waals surface area contributed by atoms with Gasteiger partial charge in [-0.2, -0.15) is 5.10 Å². The summed E-state index contributed by atoms with van der Waals surface area (Å²) in [5, 5.41) is 7.21. The van der Waals surface area contributed by atoms with E-state index in [9.17, 15) is 4.39 Å². The minimum atomic E-state index is -1.04. The summed E-state index contributed by atoms with van der Waals surface area (Å²) in [6.45, 7) is 9.53. The number of nitrogens with zero attached hydrogens (tertiary/aromatic N) is 3. The minimum absolute atomic E-state index is 0.500. The number of aromatic nitrogens is 4. The van der Waals surface area contributed by atoms with Gasteiger partial charge in [-0.05, 0) is 40.2 Å². The molecule has 25 heavy (non-hydrogen) atoms. The fourth-order valence-electron chi connectivity index (χ4n) is 2.59. The van der Waals surface area contributed by atoms with Crippen molar-refractivity contribution in [1.29, 1.82) is 0 Å². The Morgan fingerprint density at radius 2 is 1.92 bits per heavy atom. The van der Waals surface area contributed by atoms with Gasteiger partial charge in [0.1, 0.15) is 17.1 Å². The first-order chi connectivity index (χ1) is 11.7. The predicted octanol–water partition coefficient (Wildman–Crippen LogP) is 3.37. The summed E-state index contributed by atoms with van der Waals surface area (Å²) >= 11 is 0. The van der Waals surface area contributed by atoms with Crippen LogP contribution in [0.4, 0.5) is 4.39 Å². The topological polar surface area (TPSA) is 72.9 Å². The van der Waals surface area contributed by atoms with Crippen molar-refractivity contribution in [3.05, 3.63) is 35.6 Å². The molecule has 1 N–H and O–H groups in total. The molecule has 1 saturated heterocycles. The largest absolute Gasteiger partial charge is 0.525 e. The minimum Gasteiger partial charge on any atom is -0.398 e. The van der Waals surface area contributed by atoms with Gasteiger partial charge in [0, 0.05) is 23.7 Å². The second kappa shape index (κ2) is 6.35. The van der Waals surface area contributed by atoms with E-state index in [1.165, 1.54) is 6.08 Å². The lowest BCUT2D eigenvalue weighted by Crippen LogP contribution is -2.41. The highest BCUT2D eigenvalue weighted by molar-refractivity contribution is 6.54. The van der Waals surface area contributed by atoms with Crippen LogP contribution in [-0.2, 0) is 15.7 Å². The summed E-state index contributed by atoms with van der Waals surface area (Å²) in [4.78, 5) is 8.30. The number of aryl methyl sites for hydroxylation is 1. The van der Waals surface area contributed by atoms with Crippen LogP contribution >= 0.6 is 0 Å². The molecule has 1 aliphatic heterocycles. The van der Waals surface area contributed by atoms with Crippen LogP contribution in [0.3, 0.4) is 0 Å². The molecule has 0 bridgehead atoms. The molecule has 6 nitrogen and oxygen atoms in total. The van der Waals surface area contributed by atoms with E-state index in [4.69, 9.17) is 9.31 Å². The third-order valence-corrected chi connectivity index (χ3v) is 4.80. The molecule has 0 amide bonds. The summed E-state index contributed by atoms with van der Waals surface area (Å²) < 4.78 is 26.4. The number of nitrogens with one attached hydrogen (secondary N) is 1. The lowest BCUT2D eigenvalue weighted by molar-refractivity contribution is 0.00578. The number of hydrogen-bond donors (Lipinski definition) is 1. The third kappa shape index (κ3) is 3.24. The van der Waals surface area contributed by atoms with Crippen molar-refractivity contribution in [2.24, 2.45) is 0 Å². The SMILES string of the molecule is CCc1[nH]nc(-c2cnccn2)c1C=C(F)B1OC(C)(C)C(C)(C)O1.